The quantitative estimate of drug-likeness (QED) is 0.648. The first kappa shape index (κ1) is 11.2. The van der Waals surface area contributed by atoms with Crippen LogP contribution in [0.2, 0.25) is 0 Å². The van der Waals surface area contributed by atoms with Crippen molar-refractivity contribution in [3.63, 3.8) is 0 Å². The molecule has 1 atom stereocenters. The second kappa shape index (κ2) is 4.25. The number of carbonyl (C=O) groups is 1. The molecule has 0 bridgehead atoms. The molecule has 0 amide bonds. The van der Waals surface area contributed by atoms with E-state index in [9.17, 15) is 4.79 Å². The molecule has 0 fully saturated rings. The summed E-state index contributed by atoms with van der Waals surface area (Å²) in [5, 5.41) is 8.28. The fraction of sp³-hybridized carbons (Fsp3) is 0.800. The summed E-state index contributed by atoms with van der Waals surface area (Å²) in [6, 6.07) is 1.87. The van der Waals surface area contributed by atoms with Crippen LogP contribution in [0.4, 0.5) is 0 Å². The van der Waals surface area contributed by atoms with Gasteiger partial charge in [0, 0.05) is 6.42 Å². The van der Waals surface area contributed by atoms with Crippen LogP contribution in [0.5, 0.6) is 0 Å². The van der Waals surface area contributed by atoms with Crippen LogP contribution < -0.4 is 0 Å². The third-order valence-corrected chi connectivity index (χ3v) is 2.29. The van der Waals surface area contributed by atoms with E-state index >= 15 is 0 Å². The molecule has 68 valence electrons. The summed E-state index contributed by atoms with van der Waals surface area (Å²) in [5.41, 5.74) is 0.158. The van der Waals surface area contributed by atoms with E-state index in [4.69, 9.17) is 5.26 Å². The largest absolute Gasteiger partial charge is 0.299 e. The third kappa shape index (κ3) is 4.12. The molecule has 12 heavy (non-hydrogen) atoms. The van der Waals surface area contributed by atoms with Crippen molar-refractivity contribution >= 4 is 5.78 Å². The minimum absolute atomic E-state index is 0.0555. The zero-order valence-corrected chi connectivity index (χ0v) is 8.35. The van der Waals surface area contributed by atoms with Gasteiger partial charge in [-0.3, -0.25) is 4.79 Å². The lowest BCUT2D eigenvalue weighted by molar-refractivity contribution is -0.119. The van der Waals surface area contributed by atoms with E-state index in [1.807, 2.05) is 6.07 Å². The van der Waals surface area contributed by atoms with Crippen LogP contribution in [0.1, 0.15) is 40.5 Å². The standard InChI is InChI=1S/C10H17NO/c1-8(10(2,3)4)7-9(12)5-6-11/h8H,5,7H2,1-4H3. The second-order valence-electron chi connectivity index (χ2n) is 4.34. The summed E-state index contributed by atoms with van der Waals surface area (Å²) in [6.07, 6.45) is 0.581. The van der Waals surface area contributed by atoms with E-state index in [2.05, 4.69) is 27.7 Å². The van der Waals surface area contributed by atoms with Crippen molar-refractivity contribution in [1.29, 1.82) is 5.26 Å². The first-order chi connectivity index (χ1) is 5.38. The van der Waals surface area contributed by atoms with Gasteiger partial charge < -0.3 is 0 Å². The molecule has 0 saturated carbocycles. The molecule has 0 aromatic heterocycles. The van der Waals surface area contributed by atoms with E-state index < -0.39 is 0 Å². The Hall–Kier alpha value is -0.840. The predicted octanol–water partition coefficient (Wildman–Crippen LogP) is 2.54. The lowest BCUT2D eigenvalue weighted by Crippen LogP contribution is -2.20. The Balaban J connectivity index is 3.95. The molecule has 2 heteroatoms. The summed E-state index contributed by atoms with van der Waals surface area (Å²) >= 11 is 0. The van der Waals surface area contributed by atoms with E-state index in [0.29, 0.717) is 12.3 Å². The molecule has 0 N–H and O–H groups in total. The number of ketones is 1. The highest BCUT2D eigenvalue weighted by atomic mass is 16.1. The molecule has 0 aliphatic rings. The number of hydrogen-bond acceptors (Lipinski definition) is 2. The molecule has 0 aromatic rings. The van der Waals surface area contributed by atoms with Gasteiger partial charge in [0.25, 0.3) is 0 Å². The molecular formula is C10H17NO. The predicted molar refractivity (Wildman–Crippen MR) is 48.5 cm³/mol. The summed E-state index contributed by atoms with van der Waals surface area (Å²) in [5.74, 6) is 0.401. The third-order valence-electron chi connectivity index (χ3n) is 2.29. The van der Waals surface area contributed by atoms with Crippen LogP contribution in [0.15, 0.2) is 0 Å². The smallest absolute Gasteiger partial charge is 0.147 e. The maximum Gasteiger partial charge on any atom is 0.147 e. The van der Waals surface area contributed by atoms with Crippen LogP contribution in [-0.4, -0.2) is 5.78 Å². The van der Waals surface area contributed by atoms with Gasteiger partial charge in [-0.15, -0.1) is 0 Å². The minimum Gasteiger partial charge on any atom is -0.299 e. The maximum atomic E-state index is 11.1. The summed E-state index contributed by atoms with van der Waals surface area (Å²) in [6.45, 7) is 8.38. The average molecular weight is 167 g/mol. The highest BCUT2D eigenvalue weighted by molar-refractivity contribution is 5.80. The number of carbonyl (C=O) groups excluding carboxylic acids is 1. The van der Waals surface area contributed by atoms with Gasteiger partial charge in [-0.25, -0.2) is 0 Å². The number of hydrogen-bond donors (Lipinski definition) is 0. The van der Waals surface area contributed by atoms with Crippen molar-refractivity contribution in [2.75, 3.05) is 0 Å². The number of Topliss-reactive ketones (excluding diaryl/α,β-unsaturated/α-hetero) is 1. The Labute approximate surface area is 74.6 Å². The van der Waals surface area contributed by atoms with Crippen molar-refractivity contribution in [1.82, 2.24) is 0 Å². The molecule has 1 unspecified atom stereocenters. The monoisotopic (exact) mass is 167 g/mol. The van der Waals surface area contributed by atoms with Crippen molar-refractivity contribution in [2.24, 2.45) is 11.3 Å². The Morgan fingerprint density at radius 3 is 2.33 bits per heavy atom. The number of nitrogens with zero attached hydrogens (tertiary/aromatic N) is 1. The van der Waals surface area contributed by atoms with Gasteiger partial charge in [0.2, 0.25) is 0 Å². The highest BCUT2D eigenvalue weighted by Gasteiger charge is 2.21. The Morgan fingerprint density at radius 1 is 1.50 bits per heavy atom. The zero-order valence-electron chi connectivity index (χ0n) is 8.35. The molecule has 0 heterocycles. The first-order valence-electron chi connectivity index (χ1n) is 4.26. The lowest BCUT2D eigenvalue weighted by atomic mass is 9.79. The highest BCUT2D eigenvalue weighted by Crippen LogP contribution is 2.28. The summed E-state index contributed by atoms with van der Waals surface area (Å²) in [4.78, 5) is 11.1. The van der Waals surface area contributed by atoms with Crippen molar-refractivity contribution < 1.29 is 4.79 Å². The van der Waals surface area contributed by atoms with E-state index in [1.165, 1.54) is 0 Å². The Bertz CT molecular complexity index is 195. The van der Waals surface area contributed by atoms with E-state index in [1.54, 1.807) is 0 Å². The van der Waals surface area contributed by atoms with E-state index in [0.717, 1.165) is 0 Å². The van der Waals surface area contributed by atoms with Gasteiger partial charge in [0.05, 0.1) is 12.5 Å². The zero-order chi connectivity index (χ0) is 9.78. The van der Waals surface area contributed by atoms with Crippen LogP contribution in [0.3, 0.4) is 0 Å². The van der Waals surface area contributed by atoms with Crippen LogP contribution in [-0.2, 0) is 4.79 Å². The second-order valence-corrected chi connectivity index (χ2v) is 4.34. The Morgan fingerprint density at radius 2 is 2.00 bits per heavy atom. The van der Waals surface area contributed by atoms with Gasteiger partial charge >= 0.3 is 0 Å². The van der Waals surface area contributed by atoms with Crippen LogP contribution in [0, 0.1) is 22.7 Å². The van der Waals surface area contributed by atoms with Gasteiger partial charge in [0.15, 0.2) is 0 Å². The van der Waals surface area contributed by atoms with Gasteiger partial charge in [-0.05, 0) is 11.3 Å². The van der Waals surface area contributed by atoms with Crippen molar-refractivity contribution in [3.05, 3.63) is 0 Å². The maximum absolute atomic E-state index is 11.1. The fourth-order valence-corrected chi connectivity index (χ4v) is 0.808. The Kier molecular flexibility index (Phi) is 3.95. The van der Waals surface area contributed by atoms with Crippen LogP contribution in [0.25, 0.3) is 0 Å². The molecule has 2 nitrogen and oxygen atoms in total. The molecular weight excluding hydrogens is 150 g/mol. The molecule has 0 saturated heterocycles. The average Bonchev–Trinajstić information content (AvgIpc) is 1.85. The molecule has 0 radical (unpaired) electrons. The summed E-state index contributed by atoms with van der Waals surface area (Å²) in [7, 11) is 0. The minimum atomic E-state index is 0.0555. The lowest BCUT2D eigenvalue weighted by Gasteiger charge is -2.26. The van der Waals surface area contributed by atoms with E-state index in [-0.39, 0.29) is 17.6 Å². The number of rotatable bonds is 3. The topological polar surface area (TPSA) is 40.9 Å². The molecule has 0 aliphatic heterocycles. The van der Waals surface area contributed by atoms with Gasteiger partial charge in [0.1, 0.15) is 5.78 Å². The first-order valence-corrected chi connectivity index (χ1v) is 4.26. The van der Waals surface area contributed by atoms with Crippen molar-refractivity contribution in [2.45, 2.75) is 40.5 Å². The summed E-state index contributed by atoms with van der Waals surface area (Å²) < 4.78 is 0. The van der Waals surface area contributed by atoms with Gasteiger partial charge in [-0.2, -0.15) is 5.26 Å². The fourth-order valence-electron chi connectivity index (χ4n) is 0.808. The van der Waals surface area contributed by atoms with Crippen molar-refractivity contribution in [3.8, 4) is 6.07 Å². The SMILES string of the molecule is CC(CC(=O)CC#N)C(C)(C)C. The number of nitriles is 1. The molecule has 0 rings (SSSR count). The molecule has 0 aromatic carbocycles. The van der Waals surface area contributed by atoms with Gasteiger partial charge in [-0.1, -0.05) is 27.7 Å². The normalized spacial score (nSPS) is 13.6. The molecule has 0 spiro atoms. The van der Waals surface area contributed by atoms with Crippen LogP contribution >= 0.6 is 0 Å². The molecule has 0 aliphatic carbocycles.